The van der Waals surface area contributed by atoms with Crippen LogP contribution in [0.5, 0.6) is 0 Å². The van der Waals surface area contributed by atoms with Crippen molar-refractivity contribution in [3.63, 3.8) is 0 Å². The molecule has 1 heterocycles. The number of rotatable bonds is 7. The molecule has 0 saturated heterocycles. The zero-order chi connectivity index (χ0) is 13.8. The van der Waals surface area contributed by atoms with Gasteiger partial charge in [0.25, 0.3) is 10.0 Å². The number of thiazole rings is 1. The number of nitrogens with one attached hydrogen (secondary N) is 1. The van der Waals surface area contributed by atoms with Gasteiger partial charge in [-0.1, -0.05) is 22.9 Å². The summed E-state index contributed by atoms with van der Waals surface area (Å²) in [6.07, 6.45) is 1.76. The Morgan fingerprint density at radius 2 is 2.06 bits per heavy atom. The molecule has 0 bridgehead atoms. The fourth-order valence-electron chi connectivity index (χ4n) is 1.43. The summed E-state index contributed by atoms with van der Waals surface area (Å²) in [4.78, 5) is 5.97. The zero-order valence-electron chi connectivity index (χ0n) is 10.7. The van der Waals surface area contributed by atoms with Crippen molar-refractivity contribution >= 4 is 33.0 Å². The van der Waals surface area contributed by atoms with Gasteiger partial charge in [-0.25, -0.2) is 18.1 Å². The Kier molecular flexibility index (Phi) is 6.00. The van der Waals surface area contributed by atoms with Gasteiger partial charge in [0.15, 0.2) is 8.68 Å². The summed E-state index contributed by atoms with van der Waals surface area (Å²) < 4.78 is 26.9. The first-order chi connectivity index (χ1) is 8.33. The van der Waals surface area contributed by atoms with Crippen LogP contribution in [0.1, 0.15) is 18.5 Å². The number of sulfonamides is 1. The highest BCUT2D eigenvalue weighted by Crippen LogP contribution is 2.26. The third-order valence-electron chi connectivity index (χ3n) is 2.30. The van der Waals surface area contributed by atoms with E-state index < -0.39 is 10.0 Å². The van der Waals surface area contributed by atoms with Gasteiger partial charge in [-0.2, -0.15) is 0 Å². The molecule has 0 fully saturated rings. The van der Waals surface area contributed by atoms with Crippen LogP contribution in [0.15, 0.2) is 4.21 Å². The molecule has 0 radical (unpaired) electrons. The SMILES string of the molecule is Cc1nc(Cl)sc1S(=O)(=O)NCCCCN(C)C. The molecule has 0 aliphatic rings. The fourth-order valence-corrected chi connectivity index (χ4v) is 4.28. The number of unbranched alkanes of at least 4 members (excludes halogenated alkanes) is 1. The van der Waals surface area contributed by atoms with Crippen LogP contribution in [0.3, 0.4) is 0 Å². The summed E-state index contributed by atoms with van der Waals surface area (Å²) in [5, 5.41) is 0. The third-order valence-corrected chi connectivity index (χ3v) is 5.63. The predicted octanol–water partition coefficient (Wildman–Crippen LogP) is 1.73. The smallest absolute Gasteiger partial charge is 0.251 e. The number of halogens is 1. The van der Waals surface area contributed by atoms with Crippen molar-refractivity contribution in [2.75, 3.05) is 27.2 Å². The van der Waals surface area contributed by atoms with Gasteiger partial charge >= 0.3 is 0 Å². The molecule has 1 aromatic rings. The number of aromatic nitrogens is 1. The van der Waals surface area contributed by atoms with Crippen molar-refractivity contribution in [3.8, 4) is 0 Å². The van der Waals surface area contributed by atoms with E-state index in [0.717, 1.165) is 30.7 Å². The molecule has 18 heavy (non-hydrogen) atoms. The van der Waals surface area contributed by atoms with Crippen molar-refractivity contribution in [2.45, 2.75) is 24.0 Å². The molecule has 0 spiro atoms. The van der Waals surface area contributed by atoms with E-state index in [0.29, 0.717) is 12.2 Å². The third kappa shape index (κ3) is 4.81. The van der Waals surface area contributed by atoms with Crippen LogP contribution in [0.2, 0.25) is 4.47 Å². The van der Waals surface area contributed by atoms with Crippen molar-refractivity contribution < 1.29 is 8.42 Å². The summed E-state index contributed by atoms with van der Waals surface area (Å²) in [7, 11) is 0.523. The summed E-state index contributed by atoms with van der Waals surface area (Å²) >= 11 is 6.69. The van der Waals surface area contributed by atoms with E-state index >= 15 is 0 Å². The van der Waals surface area contributed by atoms with Gasteiger partial charge in [0, 0.05) is 6.54 Å². The van der Waals surface area contributed by atoms with Crippen LogP contribution in [0.4, 0.5) is 0 Å². The second kappa shape index (κ2) is 6.81. The molecule has 0 saturated carbocycles. The first-order valence-electron chi connectivity index (χ1n) is 5.60. The maximum absolute atomic E-state index is 12.0. The van der Waals surface area contributed by atoms with Crippen molar-refractivity contribution in [1.82, 2.24) is 14.6 Å². The average molecular weight is 312 g/mol. The molecule has 0 aliphatic carbocycles. The molecule has 0 unspecified atom stereocenters. The fraction of sp³-hybridized carbons (Fsp3) is 0.700. The number of hydrogen-bond donors (Lipinski definition) is 1. The van der Waals surface area contributed by atoms with E-state index in [4.69, 9.17) is 11.6 Å². The molecular formula is C10H18ClN3O2S2. The second-order valence-corrected chi connectivity index (χ2v) is 7.79. The molecular weight excluding hydrogens is 294 g/mol. The first-order valence-corrected chi connectivity index (χ1v) is 8.28. The maximum Gasteiger partial charge on any atom is 0.251 e. The van der Waals surface area contributed by atoms with Gasteiger partial charge in [0.05, 0.1) is 5.69 Å². The van der Waals surface area contributed by atoms with Gasteiger partial charge in [0.1, 0.15) is 0 Å². The topological polar surface area (TPSA) is 62.3 Å². The Labute approximate surface area is 117 Å². The first kappa shape index (κ1) is 15.8. The molecule has 8 heteroatoms. The van der Waals surface area contributed by atoms with Crippen LogP contribution in [-0.4, -0.2) is 45.5 Å². The Bertz CT molecular complexity index is 485. The highest BCUT2D eigenvalue weighted by molar-refractivity contribution is 7.91. The molecule has 1 rings (SSSR count). The van der Waals surface area contributed by atoms with Crippen LogP contribution in [0, 0.1) is 6.92 Å². The number of nitrogens with zero attached hydrogens (tertiary/aromatic N) is 2. The van der Waals surface area contributed by atoms with Gasteiger partial charge in [-0.15, -0.1) is 0 Å². The molecule has 1 aromatic heterocycles. The average Bonchev–Trinajstić information content (AvgIpc) is 2.57. The van der Waals surface area contributed by atoms with Gasteiger partial charge < -0.3 is 4.90 Å². The number of aryl methyl sites for hydroxylation is 1. The van der Waals surface area contributed by atoms with Gasteiger partial charge in [-0.05, 0) is 40.4 Å². The van der Waals surface area contributed by atoms with E-state index in [1.807, 2.05) is 14.1 Å². The highest BCUT2D eigenvalue weighted by Gasteiger charge is 2.20. The van der Waals surface area contributed by atoms with E-state index in [-0.39, 0.29) is 8.68 Å². The van der Waals surface area contributed by atoms with Crippen LogP contribution < -0.4 is 4.72 Å². The highest BCUT2D eigenvalue weighted by atomic mass is 35.5. The van der Waals surface area contributed by atoms with Crippen molar-refractivity contribution in [3.05, 3.63) is 10.2 Å². The molecule has 0 aromatic carbocycles. The molecule has 0 atom stereocenters. The van der Waals surface area contributed by atoms with Crippen LogP contribution in [-0.2, 0) is 10.0 Å². The van der Waals surface area contributed by atoms with Crippen LogP contribution in [0.25, 0.3) is 0 Å². The second-order valence-electron chi connectivity index (χ2n) is 4.25. The summed E-state index contributed by atoms with van der Waals surface area (Å²) in [6.45, 7) is 3.03. The lowest BCUT2D eigenvalue weighted by atomic mass is 10.3. The molecule has 5 nitrogen and oxygen atoms in total. The van der Waals surface area contributed by atoms with E-state index in [1.165, 1.54) is 0 Å². The minimum atomic E-state index is -3.46. The molecule has 1 N–H and O–H groups in total. The quantitative estimate of drug-likeness (QED) is 0.779. The molecule has 0 aliphatic heterocycles. The zero-order valence-corrected chi connectivity index (χ0v) is 13.1. The summed E-state index contributed by atoms with van der Waals surface area (Å²) in [6, 6.07) is 0. The number of hydrogen-bond acceptors (Lipinski definition) is 5. The van der Waals surface area contributed by atoms with E-state index in [1.54, 1.807) is 6.92 Å². The Morgan fingerprint density at radius 3 is 2.56 bits per heavy atom. The molecule has 0 amide bonds. The van der Waals surface area contributed by atoms with E-state index in [9.17, 15) is 8.42 Å². The maximum atomic E-state index is 12.0. The van der Waals surface area contributed by atoms with Crippen molar-refractivity contribution in [1.29, 1.82) is 0 Å². The lowest BCUT2D eigenvalue weighted by molar-refractivity contribution is 0.394. The lowest BCUT2D eigenvalue weighted by Crippen LogP contribution is -2.25. The van der Waals surface area contributed by atoms with E-state index in [2.05, 4.69) is 14.6 Å². The monoisotopic (exact) mass is 311 g/mol. The summed E-state index contributed by atoms with van der Waals surface area (Å²) in [5.41, 5.74) is 0.450. The summed E-state index contributed by atoms with van der Waals surface area (Å²) in [5.74, 6) is 0. The Hall–Kier alpha value is -0.210. The van der Waals surface area contributed by atoms with Crippen molar-refractivity contribution in [2.24, 2.45) is 0 Å². The minimum Gasteiger partial charge on any atom is -0.309 e. The van der Waals surface area contributed by atoms with Gasteiger partial charge in [0.2, 0.25) is 0 Å². The van der Waals surface area contributed by atoms with Crippen LogP contribution >= 0.6 is 22.9 Å². The standard InChI is InChI=1S/C10H18ClN3O2S2/c1-8-9(17-10(11)13-8)18(15,16)12-6-4-5-7-14(2)3/h12H,4-7H2,1-3H3. The Balaban J connectivity index is 2.48. The molecule has 104 valence electrons. The largest absolute Gasteiger partial charge is 0.309 e. The normalized spacial score (nSPS) is 12.3. The minimum absolute atomic E-state index is 0.208. The predicted molar refractivity (Wildman–Crippen MR) is 74.8 cm³/mol. The lowest BCUT2D eigenvalue weighted by Gasteiger charge is -2.09. The Morgan fingerprint density at radius 1 is 1.39 bits per heavy atom. The van der Waals surface area contributed by atoms with Gasteiger partial charge in [-0.3, -0.25) is 0 Å².